The number of carbonyl (C=O) groups excluding carboxylic acids is 1. The third-order valence-electron chi connectivity index (χ3n) is 6.03. The maximum atomic E-state index is 12.5. The van der Waals surface area contributed by atoms with Crippen LogP contribution in [0, 0.1) is 22.7 Å². The average Bonchev–Trinajstić information content (AvgIpc) is 2.78. The molecule has 0 unspecified atom stereocenters. The Morgan fingerprint density at radius 2 is 2.33 bits per heavy atom. The van der Waals surface area contributed by atoms with Gasteiger partial charge in [-0.2, -0.15) is 0 Å². The average molecular weight is 248 g/mol. The van der Waals surface area contributed by atoms with Gasteiger partial charge < -0.3 is 4.74 Å². The summed E-state index contributed by atoms with van der Waals surface area (Å²) in [5, 5.41) is 0. The van der Waals surface area contributed by atoms with Crippen molar-refractivity contribution < 1.29 is 9.53 Å². The summed E-state index contributed by atoms with van der Waals surface area (Å²) in [4.78, 5) is 12.5. The molecule has 2 saturated carbocycles. The van der Waals surface area contributed by atoms with Gasteiger partial charge in [0.05, 0.1) is 13.2 Å². The third kappa shape index (κ3) is 1.48. The molecule has 0 N–H and O–H groups in total. The van der Waals surface area contributed by atoms with Crippen molar-refractivity contribution in [2.45, 2.75) is 45.4 Å². The Balaban J connectivity index is 2.00. The Kier molecular flexibility index (Phi) is 2.89. The molecule has 3 rings (SSSR count). The summed E-state index contributed by atoms with van der Waals surface area (Å²) in [7, 11) is 0. The number of rotatable bonds is 2. The van der Waals surface area contributed by atoms with Crippen LogP contribution in [0.2, 0.25) is 0 Å². The van der Waals surface area contributed by atoms with Crippen molar-refractivity contribution in [2.24, 2.45) is 22.7 Å². The summed E-state index contributed by atoms with van der Waals surface area (Å²) in [6.07, 6.45) is 8.36. The van der Waals surface area contributed by atoms with E-state index >= 15 is 0 Å². The molecule has 0 aromatic heterocycles. The molecule has 4 atom stereocenters. The maximum Gasteiger partial charge on any atom is 0.139 e. The van der Waals surface area contributed by atoms with Crippen LogP contribution in [0.3, 0.4) is 0 Å². The van der Waals surface area contributed by atoms with Gasteiger partial charge in [0.1, 0.15) is 5.78 Å². The second-order valence-electron chi connectivity index (χ2n) is 6.76. The monoisotopic (exact) mass is 248 g/mol. The van der Waals surface area contributed by atoms with E-state index < -0.39 is 0 Å². The molecule has 2 aliphatic carbocycles. The molecule has 0 radical (unpaired) electrons. The predicted octanol–water partition coefficient (Wildman–Crippen LogP) is 3.36. The Morgan fingerprint density at radius 1 is 1.50 bits per heavy atom. The van der Waals surface area contributed by atoms with Gasteiger partial charge in [0.2, 0.25) is 0 Å². The van der Waals surface area contributed by atoms with Crippen LogP contribution in [0.1, 0.15) is 45.4 Å². The Bertz CT molecular complexity index is 375. The summed E-state index contributed by atoms with van der Waals surface area (Å²) in [5.74, 6) is 1.68. The first kappa shape index (κ1) is 12.4. The van der Waals surface area contributed by atoms with Crippen LogP contribution < -0.4 is 0 Å². The van der Waals surface area contributed by atoms with Gasteiger partial charge in [-0.3, -0.25) is 4.79 Å². The highest BCUT2D eigenvalue weighted by Crippen LogP contribution is 2.62. The minimum atomic E-state index is -0.174. The van der Waals surface area contributed by atoms with E-state index in [9.17, 15) is 4.79 Å². The fourth-order valence-electron chi connectivity index (χ4n) is 5.07. The van der Waals surface area contributed by atoms with Crippen molar-refractivity contribution in [1.82, 2.24) is 0 Å². The van der Waals surface area contributed by atoms with Crippen molar-refractivity contribution in [3.8, 4) is 0 Å². The van der Waals surface area contributed by atoms with Gasteiger partial charge in [0, 0.05) is 17.3 Å². The largest absolute Gasteiger partial charge is 0.381 e. The molecule has 0 aromatic carbocycles. The van der Waals surface area contributed by atoms with Crippen LogP contribution in [0.25, 0.3) is 0 Å². The second kappa shape index (κ2) is 4.19. The highest BCUT2D eigenvalue weighted by molar-refractivity contribution is 5.86. The highest BCUT2D eigenvalue weighted by atomic mass is 16.5. The fourth-order valence-corrected chi connectivity index (χ4v) is 5.07. The lowest BCUT2D eigenvalue weighted by molar-refractivity contribution is -0.148. The molecule has 18 heavy (non-hydrogen) atoms. The van der Waals surface area contributed by atoms with Crippen LogP contribution in [-0.2, 0) is 9.53 Å². The second-order valence-corrected chi connectivity index (χ2v) is 6.76. The van der Waals surface area contributed by atoms with Gasteiger partial charge in [-0.05, 0) is 37.5 Å². The predicted molar refractivity (Wildman–Crippen MR) is 71.2 cm³/mol. The Hall–Kier alpha value is -0.630. The van der Waals surface area contributed by atoms with E-state index in [0.717, 1.165) is 32.5 Å². The number of carbonyl (C=O) groups is 1. The van der Waals surface area contributed by atoms with Crippen molar-refractivity contribution in [1.29, 1.82) is 0 Å². The zero-order chi connectivity index (χ0) is 12.8. The van der Waals surface area contributed by atoms with Crippen LogP contribution in [0.15, 0.2) is 12.7 Å². The number of ether oxygens (including phenoxy) is 1. The first-order valence-corrected chi connectivity index (χ1v) is 7.35. The highest BCUT2D eigenvalue weighted by Gasteiger charge is 2.60. The van der Waals surface area contributed by atoms with E-state index in [0.29, 0.717) is 23.0 Å². The zero-order valence-corrected chi connectivity index (χ0v) is 11.4. The quantitative estimate of drug-likeness (QED) is 0.700. The molecular formula is C16H24O2. The van der Waals surface area contributed by atoms with E-state index in [2.05, 4.69) is 13.5 Å². The van der Waals surface area contributed by atoms with Crippen LogP contribution in [0.5, 0.6) is 0 Å². The number of allylic oxidation sites excluding steroid dienone is 1. The maximum absolute atomic E-state index is 12.5. The molecule has 0 amide bonds. The molecule has 1 saturated heterocycles. The number of hydrogen-bond donors (Lipinski definition) is 0. The van der Waals surface area contributed by atoms with E-state index in [4.69, 9.17) is 4.74 Å². The smallest absolute Gasteiger partial charge is 0.139 e. The summed E-state index contributed by atoms with van der Waals surface area (Å²) < 4.78 is 5.82. The third-order valence-corrected chi connectivity index (χ3v) is 6.03. The lowest BCUT2D eigenvalue weighted by Crippen LogP contribution is -2.55. The minimum absolute atomic E-state index is 0.174. The van der Waals surface area contributed by atoms with Gasteiger partial charge >= 0.3 is 0 Å². The zero-order valence-electron chi connectivity index (χ0n) is 11.4. The molecular weight excluding hydrogens is 224 g/mol. The van der Waals surface area contributed by atoms with E-state index in [-0.39, 0.29) is 5.41 Å². The number of Topliss-reactive ketones (excluding diaryl/α,β-unsaturated/α-hetero) is 1. The van der Waals surface area contributed by atoms with Gasteiger partial charge in [0.25, 0.3) is 0 Å². The van der Waals surface area contributed by atoms with E-state index in [1.807, 2.05) is 6.08 Å². The van der Waals surface area contributed by atoms with Gasteiger partial charge in [0.15, 0.2) is 0 Å². The molecule has 0 bridgehead atoms. The molecule has 2 heteroatoms. The van der Waals surface area contributed by atoms with E-state index in [1.54, 1.807) is 0 Å². The van der Waals surface area contributed by atoms with Crippen LogP contribution in [0.4, 0.5) is 0 Å². The molecule has 100 valence electrons. The lowest BCUT2D eigenvalue weighted by atomic mass is 9.47. The van der Waals surface area contributed by atoms with Crippen molar-refractivity contribution in [3.63, 3.8) is 0 Å². The number of hydrogen-bond acceptors (Lipinski definition) is 2. The lowest BCUT2D eigenvalue weighted by Gasteiger charge is -2.55. The van der Waals surface area contributed by atoms with Crippen LogP contribution >= 0.6 is 0 Å². The first-order chi connectivity index (χ1) is 8.63. The standard InChI is InChI=1S/C16H24O2/c1-3-8-15(2)13-6-4-5-12-10-18-11-16(12,13)9-7-14(15)17/h3,12-13H,1,4-11H2,2H3/t12-,13-,15-,16-/m0/s1. The minimum Gasteiger partial charge on any atom is -0.381 e. The Morgan fingerprint density at radius 3 is 3.11 bits per heavy atom. The summed E-state index contributed by atoms with van der Waals surface area (Å²) in [5.41, 5.74) is 0.135. The molecule has 2 nitrogen and oxygen atoms in total. The SMILES string of the molecule is C=CC[C@]1(C)C(=O)CC[C@]23COC[C@@H]2CCC[C@H]31. The topological polar surface area (TPSA) is 26.3 Å². The van der Waals surface area contributed by atoms with Gasteiger partial charge in [-0.15, -0.1) is 6.58 Å². The first-order valence-electron chi connectivity index (χ1n) is 7.35. The van der Waals surface area contributed by atoms with Gasteiger partial charge in [-0.25, -0.2) is 0 Å². The normalized spacial score (nSPS) is 47.5. The molecule has 1 heterocycles. The number of ketones is 1. The van der Waals surface area contributed by atoms with Crippen molar-refractivity contribution >= 4 is 5.78 Å². The summed E-state index contributed by atoms with van der Waals surface area (Å²) in [6.45, 7) is 7.87. The van der Waals surface area contributed by atoms with E-state index in [1.165, 1.54) is 19.3 Å². The molecule has 0 aromatic rings. The molecule has 3 aliphatic rings. The molecule has 1 spiro atoms. The summed E-state index contributed by atoms with van der Waals surface area (Å²) >= 11 is 0. The molecule has 1 aliphatic heterocycles. The van der Waals surface area contributed by atoms with Crippen molar-refractivity contribution in [2.75, 3.05) is 13.2 Å². The Labute approximate surface area is 110 Å². The van der Waals surface area contributed by atoms with Crippen LogP contribution in [-0.4, -0.2) is 19.0 Å². The summed E-state index contributed by atoms with van der Waals surface area (Å²) in [6, 6.07) is 0. The van der Waals surface area contributed by atoms with Gasteiger partial charge in [-0.1, -0.05) is 19.4 Å². The fraction of sp³-hybridized carbons (Fsp3) is 0.812. The van der Waals surface area contributed by atoms with Crippen molar-refractivity contribution in [3.05, 3.63) is 12.7 Å². The molecule has 3 fully saturated rings.